The quantitative estimate of drug-likeness (QED) is 0.0222. The van der Waals surface area contributed by atoms with Gasteiger partial charge in [0.05, 0.1) is 26.4 Å². The summed E-state index contributed by atoms with van der Waals surface area (Å²) in [6.45, 7) is 7.14. The number of phosphoric acid groups is 2. The van der Waals surface area contributed by atoms with Gasteiger partial charge in [0.15, 0.2) is 12.2 Å². The first kappa shape index (κ1) is 85.1. The Morgan fingerprint density at radius 2 is 0.552 bits per heavy atom. The zero-order valence-electron chi connectivity index (χ0n) is 56.2. The number of esters is 4. The molecule has 0 saturated heterocycles. The Morgan fingerprint density at radius 1 is 0.322 bits per heavy atom. The van der Waals surface area contributed by atoms with Crippen molar-refractivity contribution in [3.8, 4) is 0 Å². The maximum Gasteiger partial charge on any atom is 0.472 e. The molecule has 0 fully saturated rings. The van der Waals surface area contributed by atoms with Gasteiger partial charge in [0.2, 0.25) is 0 Å². The fraction of sp³-hybridized carbons (Fsp3) is 0.941. The minimum Gasteiger partial charge on any atom is -0.462 e. The average Bonchev–Trinajstić information content (AvgIpc) is 3.71. The monoisotopic (exact) mass is 1280 g/mol. The maximum absolute atomic E-state index is 13.0. The highest BCUT2D eigenvalue weighted by Gasteiger charge is 2.30. The van der Waals surface area contributed by atoms with Gasteiger partial charge in [0.25, 0.3) is 0 Å². The molecule has 0 aliphatic carbocycles. The van der Waals surface area contributed by atoms with E-state index < -0.39 is 97.5 Å². The van der Waals surface area contributed by atoms with Crippen LogP contribution in [0.15, 0.2) is 0 Å². The Balaban J connectivity index is 5.10. The molecule has 0 bridgehead atoms. The Morgan fingerprint density at radius 3 is 0.816 bits per heavy atom. The van der Waals surface area contributed by atoms with Crippen LogP contribution in [0.2, 0.25) is 0 Å². The summed E-state index contributed by atoms with van der Waals surface area (Å²) in [5.74, 6) is -1.36. The molecule has 516 valence electrons. The first-order chi connectivity index (χ1) is 42.1. The van der Waals surface area contributed by atoms with Crippen molar-refractivity contribution < 1.29 is 80.2 Å². The predicted molar refractivity (Wildman–Crippen MR) is 349 cm³/mol. The lowest BCUT2D eigenvalue weighted by atomic mass is 9.99. The van der Waals surface area contributed by atoms with E-state index in [2.05, 4.69) is 34.6 Å². The van der Waals surface area contributed by atoms with Gasteiger partial charge in [-0.15, -0.1) is 0 Å². The standard InChI is InChI=1S/C68H132O17P2/c1-6-10-13-16-19-20-21-22-23-24-25-26-27-28-29-30-31-32-39-44-49-54-68(73)85-64(58-79-66(71)52-47-42-38-34-33-37-40-45-50-61(5)9-4)60-83-87(76,77)81-56-62(69)55-80-86(74,75)82-59-63(84-67(72)53-48-43-36-18-15-12-8-3)57-78-65(70)51-46-41-35-17-14-11-7-2/h61-64,69H,6-60H2,1-5H3,(H,74,75)(H,76,77)/t61?,62-,63+,64+/m0/s1. The van der Waals surface area contributed by atoms with Crippen LogP contribution >= 0.6 is 15.6 Å². The van der Waals surface area contributed by atoms with Crippen molar-refractivity contribution in [2.24, 2.45) is 5.92 Å². The molecule has 0 radical (unpaired) electrons. The molecule has 0 aliphatic heterocycles. The van der Waals surface area contributed by atoms with Crippen molar-refractivity contribution in [2.45, 2.75) is 368 Å². The van der Waals surface area contributed by atoms with E-state index in [4.69, 9.17) is 37.0 Å². The number of hydrogen-bond acceptors (Lipinski definition) is 15. The van der Waals surface area contributed by atoms with Gasteiger partial charge in [0, 0.05) is 25.7 Å². The first-order valence-electron chi connectivity index (χ1n) is 35.7. The lowest BCUT2D eigenvalue weighted by molar-refractivity contribution is -0.161. The Bertz CT molecular complexity index is 1690. The normalized spacial score (nSPS) is 14.4. The Labute approximate surface area is 530 Å². The highest BCUT2D eigenvalue weighted by molar-refractivity contribution is 7.47. The van der Waals surface area contributed by atoms with Crippen LogP contribution in [0.5, 0.6) is 0 Å². The van der Waals surface area contributed by atoms with E-state index in [1.165, 1.54) is 148 Å². The van der Waals surface area contributed by atoms with Crippen molar-refractivity contribution in [1.29, 1.82) is 0 Å². The number of carbonyl (C=O) groups excluding carboxylic acids is 4. The summed E-state index contributed by atoms with van der Waals surface area (Å²) in [5, 5.41) is 10.5. The number of aliphatic hydroxyl groups is 1. The van der Waals surface area contributed by atoms with E-state index in [9.17, 15) is 43.2 Å². The molecule has 0 aromatic carbocycles. The number of ether oxygens (including phenoxy) is 4. The molecule has 0 aromatic rings. The summed E-state index contributed by atoms with van der Waals surface area (Å²) >= 11 is 0. The molecule has 0 spiro atoms. The van der Waals surface area contributed by atoms with Crippen LogP contribution in [0.25, 0.3) is 0 Å². The number of carbonyl (C=O) groups is 4. The summed E-state index contributed by atoms with van der Waals surface area (Å²) < 4.78 is 67.9. The van der Waals surface area contributed by atoms with Crippen molar-refractivity contribution >= 4 is 39.5 Å². The van der Waals surface area contributed by atoms with E-state index in [-0.39, 0.29) is 25.7 Å². The molecule has 6 atom stereocenters. The Hall–Kier alpha value is -1.94. The summed E-state index contributed by atoms with van der Waals surface area (Å²) in [5.41, 5.74) is 0. The zero-order valence-corrected chi connectivity index (χ0v) is 57.9. The van der Waals surface area contributed by atoms with Gasteiger partial charge in [-0.1, -0.05) is 298 Å². The van der Waals surface area contributed by atoms with E-state index in [1.54, 1.807) is 0 Å². The minimum atomic E-state index is -4.95. The van der Waals surface area contributed by atoms with E-state index in [0.717, 1.165) is 121 Å². The van der Waals surface area contributed by atoms with Crippen molar-refractivity contribution in [3.05, 3.63) is 0 Å². The SMILES string of the molecule is CCCCCCCCCCCCCCCCCCCCCCCC(=O)O[C@H](COC(=O)CCCCCCCCCCC(C)CC)COP(=O)(O)OC[C@@H](O)COP(=O)(O)OC[C@@H](COC(=O)CCCCCCCCC)OC(=O)CCCCCCCCC. The van der Waals surface area contributed by atoms with Crippen molar-refractivity contribution in [3.63, 3.8) is 0 Å². The van der Waals surface area contributed by atoms with Crippen LogP contribution < -0.4 is 0 Å². The van der Waals surface area contributed by atoms with Gasteiger partial charge in [-0.2, -0.15) is 0 Å². The summed E-state index contributed by atoms with van der Waals surface area (Å²) in [6, 6.07) is 0. The van der Waals surface area contributed by atoms with Crippen molar-refractivity contribution in [2.75, 3.05) is 39.6 Å². The van der Waals surface area contributed by atoms with E-state index >= 15 is 0 Å². The molecule has 0 rings (SSSR count). The number of unbranched alkanes of at least 4 members (excludes halogenated alkanes) is 39. The van der Waals surface area contributed by atoms with Crippen LogP contribution in [-0.4, -0.2) is 96.7 Å². The third-order valence-electron chi connectivity index (χ3n) is 16.1. The van der Waals surface area contributed by atoms with E-state index in [0.29, 0.717) is 25.7 Å². The second-order valence-corrected chi connectivity index (χ2v) is 27.7. The third kappa shape index (κ3) is 61.3. The lowest BCUT2D eigenvalue weighted by Gasteiger charge is -2.21. The molecule has 3 unspecified atom stereocenters. The molecule has 0 aliphatic rings. The van der Waals surface area contributed by atoms with Crippen molar-refractivity contribution in [1.82, 2.24) is 0 Å². The van der Waals surface area contributed by atoms with Gasteiger partial charge >= 0.3 is 39.5 Å². The second-order valence-electron chi connectivity index (χ2n) is 24.8. The molecule has 0 amide bonds. The molecule has 17 nitrogen and oxygen atoms in total. The zero-order chi connectivity index (χ0) is 64.2. The molecule has 0 heterocycles. The topological polar surface area (TPSA) is 237 Å². The van der Waals surface area contributed by atoms with Gasteiger partial charge < -0.3 is 33.8 Å². The largest absolute Gasteiger partial charge is 0.472 e. The van der Waals surface area contributed by atoms with Crippen LogP contribution in [0, 0.1) is 5.92 Å². The first-order valence-corrected chi connectivity index (χ1v) is 38.7. The molecule has 3 N–H and O–H groups in total. The molecule has 0 aromatic heterocycles. The molecule has 0 saturated carbocycles. The van der Waals surface area contributed by atoms with Gasteiger partial charge in [-0.3, -0.25) is 37.3 Å². The van der Waals surface area contributed by atoms with Gasteiger partial charge in [-0.05, 0) is 31.6 Å². The number of hydrogen-bond donors (Lipinski definition) is 3. The highest BCUT2D eigenvalue weighted by atomic mass is 31.2. The summed E-state index contributed by atoms with van der Waals surface area (Å²) in [6.07, 6.45) is 47.6. The fourth-order valence-electron chi connectivity index (χ4n) is 10.3. The van der Waals surface area contributed by atoms with Crippen LogP contribution in [0.1, 0.15) is 349 Å². The average molecular weight is 1280 g/mol. The maximum atomic E-state index is 13.0. The smallest absolute Gasteiger partial charge is 0.462 e. The number of rotatable bonds is 68. The predicted octanol–water partition coefficient (Wildman–Crippen LogP) is 19.4. The van der Waals surface area contributed by atoms with Crippen LogP contribution in [-0.2, 0) is 65.4 Å². The summed E-state index contributed by atoms with van der Waals surface area (Å²) in [4.78, 5) is 72.1. The van der Waals surface area contributed by atoms with Gasteiger partial charge in [-0.25, -0.2) is 9.13 Å². The fourth-order valence-corrected chi connectivity index (χ4v) is 11.8. The molecular formula is C68H132O17P2. The molecule has 19 heteroatoms. The number of phosphoric ester groups is 2. The van der Waals surface area contributed by atoms with E-state index in [1.807, 2.05) is 0 Å². The third-order valence-corrected chi connectivity index (χ3v) is 18.0. The lowest BCUT2D eigenvalue weighted by Crippen LogP contribution is -2.30. The second kappa shape index (κ2) is 61.6. The number of aliphatic hydroxyl groups excluding tert-OH is 1. The highest BCUT2D eigenvalue weighted by Crippen LogP contribution is 2.45. The molecule has 87 heavy (non-hydrogen) atoms. The molecular weight excluding hydrogens is 1150 g/mol. The van der Waals surface area contributed by atoms with Crippen LogP contribution in [0.3, 0.4) is 0 Å². The van der Waals surface area contributed by atoms with Crippen LogP contribution in [0.4, 0.5) is 0 Å². The Kier molecular flexibility index (Phi) is 60.2. The summed E-state index contributed by atoms with van der Waals surface area (Å²) in [7, 11) is -9.88. The van der Waals surface area contributed by atoms with Gasteiger partial charge in [0.1, 0.15) is 19.3 Å². The minimum absolute atomic E-state index is 0.103.